The molecule has 3 aromatic carbocycles. The van der Waals surface area contributed by atoms with E-state index in [0.717, 1.165) is 10.0 Å². The van der Waals surface area contributed by atoms with E-state index in [-0.39, 0.29) is 16.9 Å². The molecule has 0 spiro atoms. The SMILES string of the molecule is Cc1ccc(-n2c(C(C)N(C)C(=O)c3ccc(C(C)(C)C)cc3)nc3ccc(Br)cc3c2=O)cc1. The van der Waals surface area contributed by atoms with Gasteiger partial charge >= 0.3 is 0 Å². The van der Waals surface area contributed by atoms with Crippen LogP contribution in [0.15, 0.2) is 76.0 Å². The first-order chi connectivity index (χ1) is 16.5. The van der Waals surface area contributed by atoms with Gasteiger partial charge in [-0.1, -0.05) is 66.5 Å². The third-order valence-electron chi connectivity index (χ3n) is 6.42. The van der Waals surface area contributed by atoms with Gasteiger partial charge in [0.1, 0.15) is 5.82 Å². The molecule has 0 saturated carbocycles. The highest BCUT2D eigenvalue weighted by Gasteiger charge is 2.25. The van der Waals surface area contributed by atoms with Crippen LogP contribution in [-0.2, 0) is 5.41 Å². The van der Waals surface area contributed by atoms with E-state index in [2.05, 4.69) is 36.7 Å². The Morgan fingerprint density at radius 1 is 1.00 bits per heavy atom. The van der Waals surface area contributed by atoms with Crippen molar-refractivity contribution in [3.8, 4) is 5.69 Å². The quantitative estimate of drug-likeness (QED) is 0.298. The van der Waals surface area contributed by atoms with Crippen LogP contribution in [0.1, 0.15) is 61.0 Å². The standard InChI is InChI=1S/C29H30BrN3O2/c1-18-7-14-23(15-8-18)33-26(31-25-16-13-22(30)17-24(25)28(33)35)19(2)32(6)27(34)20-9-11-21(12-10-20)29(3,4)5/h7-17,19H,1-6H3. The number of hydrogen-bond acceptors (Lipinski definition) is 3. The zero-order valence-electron chi connectivity index (χ0n) is 21.0. The van der Waals surface area contributed by atoms with Crippen molar-refractivity contribution in [2.45, 2.75) is 46.1 Å². The molecule has 180 valence electrons. The minimum Gasteiger partial charge on any atom is -0.332 e. The van der Waals surface area contributed by atoms with Gasteiger partial charge in [0.2, 0.25) is 0 Å². The van der Waals surface area contributed by atoms with Crippen molar-refractivity contribution in [3.63, 3.8) is 0 Å². The van der Waals surface area contributed by atoms with Crippen molar-refractivity contribution in [3.05, 3.63) is 104 Å². The lowest BCUT2D eigenvalue weighted by Crippen LogP contribution is -2.35. The van der Waals surface area contributed by atoms with Gasteiger partial charge < -0.3 is 4.90 Å². The van der Waals surface area contributed by atoms with Crippen LogP contribution in [0.2, 0.25) is 0 Å². The number of rotatable bonds is 4. The molecule has 4 aromatic rings. The Balaban J connectivity index is 1.81. The summed E-state index contributed by atoms with van der Waals surface area (Å²) in [6.07, 6.45) is 0. The van der Waals surface area contributed by atoms with E-state index in [1.807, 2.05) is 74.5 Å². The zero-order chi connectivity index (χ0) is 25.5. The van der Waals surface area contributed by atoms with E-state index < -0.39 is 6.04 Å². The van der Waals surface area contributed by atoms with Gasteiger partial charge in [-0.3, -0.25) is 14.2 Å². The zero-order valence-corrected chi connectivity index (χ0v) is 22.6. The molecule has 0 N–H and O–H groups in total. The molecule has 0 saturated heterocycles. The first kappa shape index (κ1) is 24.9. The minimum absolute atomic E-state index is 0.00882. The van der Waals surface area contributed by atoms with Gasteiger partial charge in [0.05, 0.1) is 22.6 Å². The smallest absolute Gasteiger partial charge is 0.266 e. The maximum Gasteiger partial charge on any atom is 0.266 e. The third-order valence-corrected chi connectivity index (χ3v) is 6.91. The number of halogens is 1. The summed E-state index contributed by atoms with van der Waals surface area (Å²) < 4.78 is 2.43. The highest BCUT2D eigenvalue weighted by Crippen LogP contribution is 2.26. The second kappa shape index (κ2) is 9.42. The first-order valence-electron chi connectivity index (χ1n) is 11.6. The van der Waals surface area contributed by atoms with E-state index >= 15 is 0 Å². The Bertz CT molecular complexity index is 1450. The summed E-state index contributed by atoms with van der Waals surface area (Å²) >= 11 is 3.46. The lowest BCUT2D eigenvalue weighted by molar-refractivity contribution is 0.0735. The lowest BCUT2D eigenvalue weighted by Gasteiger charge is -2.27. The molecule has 1 aromatic heterocycles. The van der Waals surface area contributed by atoms with Gasteiger partial charge in [-0.25, -0.2) is 4.98 Å². The summed E-state index contributed by atoms with van der Waals surface area (Å²) in [6.45, 7) is 10.3. The average molecular weight is 532 g/mol. The highest BCUT2D eigenvalue weighted by molar-refractivity contribution is 9.10. The number of hydrogen-bond donors (Lipinski definition) is 0. The van der Waals surface area contributed by atoms with Crippen molar-refractivity contribution in [2.75, 3.05) is 7.05 Å². The average Bonchev–Trinajstić information content (AvgIpc) is 2.83. The number of carbonyl (C=O) groups is 1. The summed E-state index contributed by atoms with van der Waals surface area (Å²) in [4.78, 5) is 33.6. The number of benzene rings is 3. The topological polar surface area (TPSA) is 55.2 Å². The van der Waals surface area contributed by atoms with Crippen molar-refractivity contribution < 1.29 is 4.79 Å². The predicted molar refractivity (Wildman–Crippen MR) is 145 cm³/mol. The number of carbonyl (C=O) groups excluding carboxylic acids is 1. The first-order valence-corrected chi connectivity index (χ1v) is 12.4. The Labute approximate surface area is 214 Å². The fourth-order valence-electron chi connectivity index (χ4n) is 4.06. The normalized spacial score (nSPS) is 12.5. The van der Waals surface area contributed by atoms with Crippen LogP contribution >= 0.6 is 15.9 Å². The van der Waals surface area contributed by atoms with Crippen LogP contribution in [0.4, 0.5) is 0 Å². The molecular weight excluding hydrogens is 502 g/mol. The van der Waals surface area contributed by atoms with Crippen LogP contribution in [0.25, 0.3) is 16.6 Å². The molecule has 1 atom stereocenters. The molecule has 1 amide bonds. The predicted octanol–water partition coefficient (Wildman–Crippen LogP) is 6.59. The van der Waals surface area contributed by atoms with Gasteiger partial charge in [0.15, 0.2) is 0 Å². The number of aromatic nitrogens is 2. The highest BCUT2D eigenvalue weighted by atomic mass is 79.9. The lowest BCUT2D eigenvalue weighted by atomic mass is 9.86. The molecule has 4 rings (SSSR count). The molecule has 0 bridgehead atoms. The maximum absolute atomic E-state index is 13.7. The van der Waals surface area contributed by atoms with Gasteiger partial charge in [-0.2, -0.15) is 0 Å². The summed E-state index contributed by atoms with van der Waals surface area (Å²) in [5, 5.41) is 0.516. The van der Waals surface area contributed by atoms with Gasteiger partial charge in [-0.05, 0) is 67.3 Å². The number of nitrogens with zero attached hydrogens (tertiary/aromatic N) is 3. The van der Waals surface area contributed by atoms with Gasteiger partial charge in [0, 0.05) is 17.1 Å². The molecular formula is C29H30BrN3O2. The molecule has 0 aliphatic rings. The molecule has 0 aliphatic carbocycles. The van der Waals surface area contributed by atoms with Crippen LogP contribution in [0, 0.1) is 6.92 Å². The van der Waals surface area contributed by atoms with E-state index in [9.17, 15) is 9.59 Å². The van der Waals surface area contributed by atoms with Crippen LogP contribution in [0.5, 0.6) is 0 Å². The molecule has 6 heteroatoms. The van der Waals surface area contributed by atoms with Crippen LogP contribution in [-0.4, -0.2) is 27.4 Å². The third kappa shape index (κ3) is 4.94. The minimum atomic E-state index is -0.452. The van der Waals surface area contributed by atoms with Crippen LogP contribution < -0.4 is 5.56 Å². The van der Waals surface area contributed by atoms with E-state index in [0.29, 0.717) is 28.0 Å². The van der Waals surface area contributed by atoms with E-state index in [1.165, 1.54) is 5.56 Å². The monoisotopic (exact) mass is 531 g/mol. The summed E-state index contributed by atoms with van der Waals surface area (Å²) in [6, 6.07) is 20.5. The van der Waals surface area contributed by atoms with Gasteiger partial charge in [-0.15, -0.1) is 0 Å². The van der Waals surface area contributed by atoms with Gasteiger partial charge in [0.25, 0.3) is 11.5 Å². The van der Waals surface area contributed by atoms with Crippen molar-refractivity contribution in [1.82, 2.24) is 14.5 Å². The Morgan fingerprint density at radius 2 is 1.63 bits per heavy atom. The van der Waals surface area contributed by atoms with E-state index in [1.54, 1.807) is 22.6 Å². The summed E-state index contributed by atoms with van der Waals surface area (Å²) in [5.41, 5.74) is 4.01. The Hall–Kier alpha value is -3.25. The number of aryl methyl sites for hydroxylation is 1. The van der Waals surface area contributed by atoms with Crippen molar-refractivity contribution in [2.24, 2.45) is 0 Å². The van der Waals surface area contributed by atoms with Crippen molar-refractivity contribution >= 4 is 32.7 Å². The molecule has 0 aliphatic heterocycles. The summed E-state index contributed by atoms with van der Waals surface area (Å²) in [5.74, 6) is 0.384. The fourth-order valence-corrected chi connectivity index (χ4v) is 4.43. The van der Waals surface area contributed by atoms with Crippen molar-refractivity contribution in [1.29, 1.82) is 0 Å². The molecule has 5 nitrogen and oxygen atoms in total. The Kier molecular flexibility index (Phi) is 6.69. The molecule has 1 unspecified atom stereocenters. The maximum atomic E-state index is 13.7. The Morgan fingerprint density at radius 3 is 2.23 bits per heavy atom. The number of amides is 1. The molecule has 1 heterocycles. The largest absolute Gasteiger partial charge is 0.332 e. The summed E-state index contributed by atoms with van der Waals surface area (Å²) in [7, 11) is 1.75. The van der Waals surface area contributed by atoms with E-state index in [4.69, 9.17) is 4.98 Å². The second-order valence-electron chi connectivity index (χ2n) is 10.0. The molecule has 0 fully saturated rings. The molecule has 0 radical (unpaired) electrons. The van der Waals surface area contributed by atoms with Crippen LogP contribution in [0.3, 0.4) is 0 Å². The second-order valence-corrected chi connectivity index (χ2v) is 10.9. The molecule has 35 heavy (non-hydrogen) atoms. The fraction of sp³-hybridized carbons (Fsp3) is 0.276. The number of fused-ring (bicyclic) bond motifs is 1.